The summed E-state index contributed by atoms with van der Waals surface area (Å²) in [7, 11) is 0. The molecule has 0 aliphatic heterocycles. The van der Waals surface area contributed by atoms with Gasteiger partial charge in [-0.1, -0.05) is 22.7 Å². The summed E-state index contributed by atoms with van der Waals surface area (Å²) in [6, 6.07) is 7.79. The minimum absolute atomic E-state index is 0.0215. The van der Waals surface area contributed by atoms with Crippen LogP contribution in [0.4, 0.5) is 5.95 Å². The standard InChI is InChI=1S/C16H19N3O6S/c1-12-3-5-15(6-4-12)26-25-10-14(9-23-13(2)20)24-11-18-8-7-17-16(18)19(21)22/h3-8,14H,9-11H2,1-2H3. The fourth-order valence-corrected chi connectivity index (χ4v) is 2.49. The second-order valence-corrected chi connectivity index (χ2v) is 6.23. The van der Waals surface area contributed by atoms with E-state index in [0.29, 0.717) is 0 Å². The molecular formula is C16H19N3O6S. The van der Waals surface area contributed by atoms with Crippen molar-refractivity contribution in [3.63, 3.8) is 0 Å². The molecule has 0 saturated carbocycles. The van der Waals surface area contributed by atoms with Crippen molar-refractivity contribution in [3.8, 4) is 0 Å². The zero-order chi connectivity index (χ0) is 18.9. The van der Waals surface area contributed by atoms with Crippen LogP contribution in [-0.4, -0.2) is 39.8 Å². The number of ether oxygens (including phenoxy) is 2. The lowest BCUT2D eigenvalue weighted by atomic mass is 10.2. The molecule has 1 aromatic carbocycles. The molecule has 1 unspecified atom stereocenters. The first kappa shape index (κ1) is 19.9. The normalized spacial score (nSPS) is 11.9. The lowest BCUT2D eigenvalue weighted by Gasteiger charge is -2.16. The minimum atomic E-state index is -0.603. The Morgan fingerprint density at radius 1 is 1.35 bits per heavy atom. The first-order valence-corrected chi connectivity index (χ1v) is 8.46. The molecule has 0 amide bonds. The van der Waals surface area contributed by atoms with Crippen molar-refractivity contribution >= 4 is 24.0 Å². The van der Waals surface area contributed by atoms with Crippen LogP contribution in [0.5, 0.6) is 0 Å². The van der Waals surface area contributed by atoms with E-state index in [1.807, 2.05) is 31.2 Å². The van der Waals surface area contributed by atoms with Crippen LogP contribution >= 0.6 is 12.0 Å². The quantitative estimate of drug-likeness (QED) is 0.268. The average molecular weight is 381 g/mol. The first-order valence-electron chi connectivity index (χ1n) is 7.72. The van der Waals surface area contributed by atoms with Crippen molar-refractivity contribution in [2.75, 3.05) is 13.2 Å². The highest BCUT2D eigenvalue weighted by molar-refractivity contribution is 7.94. The molecule has 0 aliphatic rings. The largest absolute Gasteiger partial charge is 0.463 e. The summed E-state index contributed by atoms with van der Waals surface area (Å²) in [5.41, 5.74) is 1.15. The number of nitro groups is 1. The molecule has 0 saturated heterocycles. The molecule has 0 spiro atoms. The van der Waals surface area contributed by atoms with Gasteiger partial charge < -0.3 is 23.8 Å². The molecule has 10 heteroatoms. The van der Waals surface area contributed by atoms with E-state index in [9.17, 15) is 14.9 Å². The number of imidazole rings is 1. The Bertz CT molecular complexity index is 734. The van der Waals surface area contributed by atoms with E-state index < -0.39 is 17.0 Å². The summed E-state index contributed by atoms with van der Waals surface area (Å²) in [6.07, 6.45) is 2.16. The van der Waals surface area contributed by atoms with E-state index in [1.165, 1.54) is 35.9 Å². The number of carbonyl (C=O) groups is 1. The molecule has 1 heterocycles. The molecule has 26 heavy (non-hydrogen) atoms. The maximum atomic E-state index is 11.0. The summed E-state index contributed by atoms with van der Waals surface area (Å²) in [4.78, 5) is 25.8. The second-order valence-electron chi connectivity index (χ2n) is 5.36. The summed E-state index contributed by atoms with van der Waals surface area (Å²) < 4.78 is 17.3. The lowest BCUT2D eigenvalue weighted by Crippen LogP contribution is -2.27. The SMILES string of the molecule is CC(=O)OCC(COSc1ccc(C)cc1)OCn1ccnc1[N+](=O)[O-]. The molecule has 1 aromatic heterocycles. The molecule has 0 bridgehead atoms. The van der Waals surface area contributed by atoms with Crippen LogP contribution in [0.3, 0.4) is 0 Å². The van der Waals surface area contributed by atoms with E-state index >= 15 is 0 Å². The van der Waals surface area contributed by atoms with Gasteiger partial charge in [0.25, 0.3) is 0 Å². The van der Waals surface area contributed by atoms with Gasteiger partial charge in [0.05, 0.1) is 6.61 Å². The third kappa shape index (κ3) is 6.47. The molecular weight excluding hydrogens is 362 g/mol. The van der Waals surface area contributed by atoms with Gasteiger partial charge in [0.15, 0.2) is 6.73 Å². The highest BCUT2D eigenvalue weighted by Gasteiger charge is 2.18. The van der Waals surface area contributed by atoms with Gasteiger partial charge in [0, 0.05) is 23.9 Å². The average Bonchev–Trinajstić information content (AvgIpc) is 3.07. The minimum Gasteiger partial charge on any atom is -0.463 e. The van der Waals surface area contributed by atoms with Crippen molar-refractivity contribution in [1.29, 1.82) is 0 Å². The predicted molar refractivity (Wildman–Crippen MR) is 93.4 cm³/mol. The Kier molecular flexibility index (Phi) is 7.57. The van der Waals surface area contributed by atoms with Crippen LogP contribution < -0.4 is 0 Å². The zero-order valence-electron chi connectivity index (χ0n) is 14.4. The molecule has 2 rings (SSSR count). The van der Waals surface area contributed by atoms with Gasteiger partial charge in [-0.3, -0.25) is 4.79 Å². The molecule has 140 valence electrons. The number of nitrogens with zero attached hydrogens (tertiary/aromatic N) is 3. The van der Waals surface area contributed by atoms with Crippen molar-refractivity contribution in [1.82, 2.24) is 9.55 Å². The van der Waals surface area contributed by atoms with Crippen LogP contribution in [0.2, 0.25) is 0 Å². The molecule has 9 nitrogen and oxygen atoms in total. The molecule has 0 aliphatic carbocycles. The van der Waals surface area contributed by atoms with Crippen LogP contribution in [0.15, 0.2) is 41.6 Å². The number of hydrogen-bond acceptors (Lipinski definition) is 8. The maximum absolute atomic E-state index is 11.0. The fraction of sp³-hybridized carbons (Fsp3) is 0.375. The Balaban J connectivity index is 1.87. The Hall–Kier alpha value is -2.43. The summed E-state index contributed by atoms with van der Waals surface area (Å²) >= 11 is 1.18. The third-order valence-corrected chi connectivity index (χ3v) is 3.93. The number of carbonyl (C=O) groups excluding carboxylic acids is 1. The third-order valence-electron chi connectivity index (χ3n) is 3.21. The smallest absolute Gasteiger partial charge is 0.436 e. The predicted octanol–water partition coefficient (Wildman–Crippen LogP) is 2.73. The zero-order valence-corrected chi connectivity index (χ0v) is 15.2. The number of esters is 1. The lowest BCUT2D eigenvalue weighted by molar-refractivity contribution is -0.397. The number of hydrogen-bond donors (Lipinski definition) is 0. The van der Waals surface area contributed by atoms with Crippen LogP contribution in [-0.2, 0) is 25.2 Å². The number of benzene rings is 1. The Labute approximate surface area is 154 Å². The molecule has 0 fully saturated rings. The van der Waals surface area contributed by atoms with Gasteiger partial charge in [-0.2, -0.15) is 0 Å². The van der Waals surface area contributed by atoms with Crippen LogP contribution in [0.25, 0.3) is 0 Å². The monoisotopic (exact) mass is 381 g/mol. The van der Waals surface area contributed by atoms with Crippen molar-refractivity contribution in [3.05, 3.63) is 52.3 Å². The Morgan fingerprint density at radius 2 is 2.08 bits per heavy atom. The van der Waals surface area contributed by atoms with E-state index in [0.717, 1.165) is 10.5 Å². The van der Waals surface area contributed by atoms with Crippen molar-refractivity contribution < 1.29 is 23.4 Å². The Morgan fingerprint density at radius 3 is 2.73 bits per heavy atom. The van der Waals surface area contributed by atoms with Gasteiger partial charge in [-0.25, -0.2) is 4.57 Å². The van der Waals surface area contributed by atoms with Gasteiger partial charge >= 0.3 is 11.9 Å². The van der Waals surface area contributed by atoms with Crippen molar-refractivity contribution in [2.45, 2.75) is 31.6 Å². The summed E-state index contributed by atoms with van der Waals surface area (Å²) in [5, 5.41) is 10.9. The van der Waals surface area contributed by atoms with E-state index in [1.54, 1.807) is 0 Å². The van der Waals surface area contributed by atoms with Gasteiger partial charge in [-0.05, 0) is 24.0 Å². The van der Waals surface area contributed by atoms with Gasteiger partial charge in [0.2, 0.25) is 0 Å². The van der Waals surface area contributed by atoms with Crippen molar-refractivity contribution in [2.24, 2.45) is 0 Å². The van der Waals surface area contributed by atoms with Crippen LogP contribution in [0, 0.1) is 17.0 Å². The fourth-order valence-electron chi connectivity index (χ4n) is 1.89. The molecule has 0 N–H and O–H groups in total. The second kappa shape index (κ2) is 9.90. The molecule has 0 radical (unpaired) electrons. The number of rotatable bonds is 10. The van der Waals surface area contributed by atoms with E-state index in [2.05, 4.69) is 4.98 Å². The number of aryl methyl sites for hydroxylation is 1. The van der Waals surface area contributed by atoms with Gasteiger partial charge in [-0.15, -0.1) is 0 Å². The first-order chi connectivity index (χ1) is 12.5. The van der Waals surface area contributed by atoms with Crippen LogP contribution in [0.1, 0.15) is 12.5 Å². The number of aromatic nitrogens is 2. The highest BCUT2D eigenvalue weighted by Crippen LogP contribution is 2.20. The molecule has 1 atom stereocenters. The van der Waals surface area contributed by atoms with Gasteiger partial charge in [0.1, 0.15) is 25.1 Å². The summed E-state index contributed by atoms with van der Waals surface area (Å²) in [5.74, 6) is -0.774. The molecule has 2 aromatic rings. The van der Waals surface area contributed by atoms with E-state index in [4.69, 9.17) is 13.7 Å². The highest BCUT2D eigenvalue weighted by atomic mass is 32.2. The maximum Gasteiger partial charge on any atom is 0.436 e. The topological polar surface area (TPSA) is 106 Å². The summed E-state index contributed by atoms with van der Waals surface area (Å²) in [6.45, 7) is 3.29. The van der Waals surface area contributed by atoms with E-state index in [-0.39, 0.29) is 25.9 Å².